The molecule has 1 amide bonds. The lowest BCUT2D eigenvalue weighted by Gasteiger charge is -2.58. The van der Waals surface area contributed by atoms with Crippen LogP contribution in [0.4, 0.5) is 0 Å². The number of benzene rings is 1. The molecule has 0 bridgehead atoms. The average Bonchev–Trinajstić information content (AvgIpc) is 2.98. The Bertz CT molecular complexity index is 1750. The van der Waals surface area contributed by atoms with Crippen molar-refractivity contribution >= 4 is 34.8 Å². The third-order valence-corrected chi connectivity index (χ3v) is 10.8. The van der Waals surface area contributed by atoms with Gasteiger partial charge < -0.3 is 50.2 Å². The predicted molar refractivity (Wildman–Crippen MR) is 167 cm³/mol. The molecule has 9 atom stereocenters. The molecule has 1 unspecified atom stereocenters. The second-order valence-corrected chi connectivity index (χ2v) is 13.8. The molecule has 3 aliphatic carbocycles. The van der Waals surface area contributed by atoms with Crippen molar-refractivity contribution in [1.29, 1.82) is 0 Å². The van der Waals surface area contributed by atoms with E-state index in [1.165, 1.54) is 49.1 Å². The Balaban J connectivity index is 1.83. The molecule has 268 valence electrons. The standard InChI is InChI=1S/C31H38ClN3O14/c1-11-26(47-7)28(2,35(44)45)10-15(48-11)49-29(3)12-9-30(42)23(34(4)5)22(38)18(27(33)41)25(40)31(30,43)24(39)16(12)21(37)17-13(36)8-14(46-6)20(32)19(17)29/h8,11-12,15,23,26,36-37,40,42-43H,9-10H2,1-7H3,(H2,33,41)/t11-,12?,15-,23+,26-,28-,29+,30+,31-/m0/s1. The van der Waals surface area contributed by atoms with Gasteiger partial charge in [-0.25, -0.2) is 0 Å². The number of phenolic OH excluding ortho intramolecular Hbond substituents is 1. The number of nitro groups is 1. The zero-order chi connectivity index (χ0) is 36.9. The molecule has 18 heteroatoms. The number of aliphatic hydroxyl groups excluding tert-OH is 2. The molecular weight excluding hydrogens is 674 g/mol. The maximum absolute atomic E-state index is 14.6. The van der Waals surface area contributed by atoms with Gasteiger partial charge in [-0.1, -0.05) is 11.6 Å². The van der Waals surface area contributed by atoms with Crippen molar-refractivity contribution < 1.29 is 63.8 Å². The number of nitrogens with zero attached hydrogens (tertiary/aromatic N) is 2. The number of fused-ring (bicyclic) bond motifs is 3. The van der Waals surface area contributed by atoms with E-state index in [1.807, 2.05) is 0 Å². The number of phenols is 1. The number of primary amides is 1. The summed E-state index contributed by atoms with van der Waals surface area (Å²) < 4.78 is 23.3. The Hall–Kier alpha value is -3.84. The molecule has 1 aromatic carbocycles. The number of ether oxygens (including phenoxy) is 4. The van der Waals surface area contributed by atoms with Gasteiger partial charge in [-0.3, -0.25) is 29.4 Å². The molecule has 49 heavy (non-hydrogen) atoms. The van der Waals surface area contributed by atoms with E-state index in [2.05, 4.69) is 0 Å². The van der Waals surface area contributed by atoms with E-state index < -0.39 is 122 Å². The van der Waals surface area contributed by atoms with Crippen LogP contribution in [0.25, 0.3) is 5.76 Å². The summed E-state index contributed by atoms with van der Waals surface area (Å²) >= 11 is 6.82. The molecule has 2 fully saturated rings. The molecule has 1 aliphatic heterocycles. The fourth-order valence-corrected chi connectivity index (χ4v) is 8.65. The Kier molecular flexibility index (Phi) is 8.64. The summed E-state index contributed by atoms with van der Waals surface area (Å²) in [6.45, 7) is 4.21. The van der Waals surface area contributed by atoms with Crippen LogP contribution < -0.4 is 10.5 Å². The number of ketones is 2. The number of methoxy groups -OCH3 is 2. The fourth-order valence-electron chi connectivity index (χ4n) is 8.24. The molecule has 1 heterocycles. The number of nitrogens with two attached hydrogens (primary N) is 1. The highest BCUT2D eigenvalue weighted by Crippen LogP contribution is 2.62. The summed E-state index contributed by atoms with van der Waals surface area (Å²) in [7, 11) is 5.14. The first-order valence-electron chi connectivity index (χ1n) is 15.1. The molecule has 7 N–H and O–H groups in total. The minimum absolute atomic E-state index is 0.112. The van der Waals surface area contributed by atoms with Crippen molar-refractivity contribution in [1.82, 2.24) is 4.90 Å². The maximum Gasteiger partial charge on any atom is 0.255 e. The number of aromatic hydroxyl groups is 1. The van der Waals surface area contributed by atoms with Crippen molar-refractivity contribution in [2.24, 2.45) is 11.7 Å². The van der Waals surface area contributed by atoms with Gasteiger partial charge in [-0.2, -0.15) is 0 Å². The number of carbonyl (C=O) groups is 3. The largest absolute Gasteiger partial charge is 0.508 e. The highest BCUT2D eigenvalue weighted by molar-refractivity contribution is 6.33. The molecular formula is C31H38ClN3O14. The van der Waals surface area contributed by atoms with E-state index in [0.29, 0.717) is 0 Å². The Morgan fingerprint density at radius 2 is 1.78 bits per heavy atom. The molecule has 1 saturated heterocycles. The first kappa shape index (κ1) is 36.4. The smallest absolute Gasteiger partial charge is 0.255 e. The number of aliphatic hydroxyl groups is 4. The molecule has 1 aromatic rings. The van der Waals surface area contributed by atoms with E-state index in [9.17, 15) is 50.0 Å². The van der Waals surface area contributed by atoms with Crippen LogP contribution in [0.1, 0.15) is 44.7 Å². The number of Topliss-reactive ketones (excluding diaryl/α,β-unsaturated/α-hetero) is 2. The minimum atomic E-state index is -3.43. The lowest BCUT2D eigenvalue weighted by Crippen LogP contribution is -2.77. The van der Waals surface area contributed by atoms with Crippen LogP contribution in [0.2, 0.25) is 5.02 Å². The van der Waals surface area contributed by atoms with Crippen LogP contribution >= 0.6 is 11.6 Å². The lowest BCUT2D eigenvalue weighted by atomic mass is 9.52. The van der Waals surface area contributed by atoms with Crippen molar-refractivity contribution in [3.05, 3.63) is 49.2 Å². The lowest BCUT2D eigenvalue weighted by molar-refractivity contribution is -0.595. The monoisotopic (exact) mass is 711 g/mol. The highest BCUT2D eigenvalue weighted by atomic mass is 35.5. The summed E-state index contributed by atoms with van der Waals surface area (Å²) in [6.07, 6.45) is -4.70. The molecule has 0 aromatic heterocycles. The SMILES string of the molecule is COc1cc(O)c2c(c1Cl)[C@](C)(O[C@H]1C[C@](C)([N+](=O)[O-])[C@@H](OC)[C@H](C)O1)C1C[C@@]3(O)[C@H](N(C)C)C(=O)C(C(N)=O)=C(O)[C@@]3(O)C(=O)C1=C2O. The summed E-state index contributed by atoms with van der Waals surface area (Å²) in [5.74, 6) is -9.10. The molecule has 1 saturated carbocycles. The van der Waals surface area contributed by atoms with Gasteiger partial charge in [0, 0.05) is 42.1 Å². The Labute approximate surface area is 284 Å². The molecule has 17 nitrogen and oxygen atoms in total. The normalized spacial score (nSPS) is 37.5. The average molecular weight is 712 g/mol. The van der Waals surface area contributed by atoms with Gasteiger partial charge in [0.05, 0.1) is 30.2 Å². The van der Waals surface area contributed by atoms with E-state index in [0.717, 1.165) is 11.0 Å². The predicted octanol–water partition coefficient (Wildman–Crippen LogP) is 0.616. The number of likely N-dealkylation sites (N-methyl/N-ethyl adjacent to an activating group) is 1. The van der Waals surface area contributed by atoms with Gasteiger partial charge in [0.15, 0.2) is 23.9 Å². The third kappa shape index (κ3) is 4.63. The van der Waals surface area contributed by atoms with Gasteiger partial charge in [-0.15, -0.1) is 0 Å². The number of amides is 1. The van der Waals surface area contributed by atoms with E-state index >= 15 is 0 Å². The zero-order valence-electron chi connectivity index (χ0n) is 27.6. The fraction of sp³-hybridized carbons (Fsp3) is 0.581. The van der Waals surface area contributed by atoms with Crippen LogP contribution in [-0.2, 0) is 34.2 Å². The van der Waals surface area contributed by atoms with Gasteiger partial charge >= 0.3 is 0 Å². The van der Waals surface area contributed by atoms with E-state index in [-0.39, 0.29) is 16.3 Å². The van der Waals surface area contributed by atoms with Crippen molar-refractivity contribution in [3.8, 4) is 11.5 Å². The van der Waals surface area contributed by atoms with Gasteiger partial charge in [-0.05, 0) is 34.4 Å². The molecule has 0 spiro atoms. The molecule has 5 rings (SSSR count). The highest BCUT2D eigenvalue weighted by Gasteiger charge is 2.75. The topological polar surface area (TPSA) is 262 Å². The summed E-state index contributed by atoms with van der Waals surface area (Å²) in [6, 6.07) is -0.845. The van der Waals surface area contributed by atoms with Crippen molar-refractivity contribution in [2.75, 3.05) is 28.3 Å². The Morgan fingerprint density at radius 3 is 2.29 bits per heavy atom. The van der Waals surface area contributed by atoms with Crippen LogP contribution in [0.5, 0.6) is 11.5 Å². The van der Waals surface area contributed by atoms with Crippen LogP contribution in [0.3, 0.4) is 0 Å². The quantitative estimate of drug-likeness (QED) is 0.129. The van der Waals surface area contributed by atoms with Crippen molar-refractivity contribution in [2.45, 2.75) is 80.5 Å². The third-order valence-electron chi connectivity index (χ3n) is 10.5. The van der Waals surface area contributed by atoms with Gasteiger partial charge in [0.25, 0.3) is 11.4 Å². The van der Waals surface area contributed by atoms with Crippen LogP contribution in [0.15, 0.2) is 23.0 Å². The summed E-state index contributed by atoms with van der Waals surface area (Å²) in [5.41, 5.74) is -7.35. The number of hydrogen-bond donors (Lipinski definition) is 6. The number of rotatable bonds is 7. The summed E-state index contributed by atoms with van der Waals surface area (Å²) in [4.78, 5) is 53.5. The van der Waals surface area contributed by atoms with Gasteiger partial charge in [0.1, 0.15) is 40.1 Å². The van der Waals surface area contributed by atoms with Crippen LogP contribution in [0, 0.1) is 16.0 Å². The van der Waals surface area contributed by atoms with Crippen molar-refractivity contribution in [3.63, 3.8) is 0 Å². The maximum atomic E-state index is 14.6. The van der Waals surface area contributed by atoms with E-state index in [4.69, 9.17) is 36.3 Å². The number of hydrogen-bond acceptors (Lipinski definition) is 15. The second-order valence-electron chi connectivity index (χ2n) is 13.4. The second kappa shape index (κ2) is 11.6. The minimum Gasteiger partial charge on any atom is -0.508 e. The Morgan fingerprint density at radius 1 is 1.16 bits per heavy atom. The van der Waals surface area contributed by atoms with Crippen LogP contribution in [-0.4, -0.2) is 122 Å². The van der Waals surface area contributed by atoms with E-state index in [1.54, 1.807) is 0 Å². The van der Waals surface area contributed by atoms with Gasteiger partial charge in [0.2, 0.25) is 11.4 Å². The molecule has 0 radical (unpaired) electrons. The molecule has 4 aliphatic rings. The first-order valence-corrected chi connectivity index (χ1v) is 15.4. The first-order chi connectivity index (χ1) is 22.6. The zero-order valence-corrected chi connectivity index (χ0v) is 28.4. The summed E-state index contributed by atoms with van der Waals surface area (Å²) in [5, 5.41) is 70.7. The number of carbonyl (C=O) groups excluding carboxylic acids is 3. The number of halogens is 1.